The van der Waals surface area contributed by atoms with Crippen LogP contribution in [0.3, 0.4) is 0 Å². The molecular weight excluding hydrogens is 373 g/mol. The molecule has 1 heterocycles. The minimum absolute atomic E-state index is 0.0681. The Morgan fingerprint density at radius 1 is 1.10 bits per heavy atom. The van der Waals surface area contributed by atoms with Crippen molar-refractivity contribution in [2.75, 3.05) is 12.4 Å². The zero-order chi connectivity index (χ0) is 22.2. The van der Waals surface area contributed by atoms with Crippen LogP contribution in [0.5, 0.6) is 0 Å². The molecule has 0 radical (unpaired) electrons. The Kier molecular flexibility index (Phi) is 6.40. The summed E-state index contributed by atoms with van der Waals surface area (Å²) in [5, 5.41) is 2.74. The third-order valence-electron chi connectivity index (χ3n) is 5.27. The van der Waals surface area contributed by atoms with E-state index in [-0.39, 0.29) is 12.4 Å². The average molecular weight is 405 g/mol. The van der Waals surface area contributed by atoms with E-state index >= 15 is 0 Å². The van der Waals surface area contributed by atoms with Crippen molar-refractivity contribution in [3.63, 3.8) is 0 Å². The van der Waals surface area contributed by atoms with Crippen molar-refractivity contribution >= 4 is 30.3 Å². The standard InChI is InChI=1S/C21H32BNO6/c1-13-14(11-17(24)26-9)10-15(23-18(25)27-19(2,3)4)12-16(13)22-28-20(5,6)21(7,8)29-22/h10,12H,11H2,1-9H3,(H,23,25). The van der Waals surface area contributed by atoms with Gasteiger partial charge in [0, 0.05) is 5.69 Å². The van der Waals surface area contributed by atoms with Crippen LogP contribution in [0.25, 0.3) is 0 Å². The molecule has 0 unspecified atom stereocenters. The second-order valence-electron chi connectivity index (χ2n) is 9.32. The van der Waals surface area contributed by atoms with Crippen LogP contribution in [0.4, 0.5) is 10.5 Å². The molecule has 1 saturated heterocycles. The van der Waals surface area contributed by atoms with Gasteiger partial charge in [0.2, 0.25) is 0 Å². The van der Waals surface area contributed by atoms with Gasteiger partial charge in [-0.1, -0.05) is 0 Å². The number of carbonyl (C=O) groups is 2. The number of methoxy groups -OCH3 is 1. The first-order valence-electron chi connectivity index (χ1n) is 9.71. The molecule has 1 aromatic rings. The van der Waals surface area contributed by atoms with Crippen LogP contribution < -0.4 is 10.8 Å². The summed E-state index contributed by atoms with van der Waals surface area (Å²) in [6, 6.07) is 3.53. The maximum atomic E-state index is 12.3. The molecule has 1 aliphatic rings. The molecule has 1 aromatic carbocycles. The fourth-order valence-corrected chi connectivity index (χ4v) is 2.92. The van der Waals surface area contributed by atoms with Gasteiger partial charge in [-0.25, -0.2) is 4.79 Å². The number of benzene rings is 1. The Balaban J connectivity index is 2.43. The van der Waals surface area contributed by atoms with E-state index < -0.39 is 30.0 Å². The topological polar surface area (TPSA) is 83.1 Å². The summed E-state index contributed by atoms with van der Waals surface area (Å²) in [5.74, 6) is -0.373. The fraction of sp³-hybridized carbons (Fsp3) is 0.619. The number of anilines is 1. The summed E-state index contributed by atoms with van der Waals surface area (Å²) in [7, 11) is 0.715. The SMILES string of the molecule is COC(=O)Cc1cc(NC(=O)OC(C)(C)C)cc(B2OC(C)(C)C(C)(C)O2)c1C. The molecule has 7 nitrogen and oxygen atoms in total. The van der Waals surface area contributed by atoms with Crippen LogP contribution in [0.1, 0.15) is 59.6 Å². The van der Waals surface area contributed by atoms with Crippen LogP contribution in [0.2, 0.25) is 0 Å². The highest BCUT2D eigenvalue weighted by atomic mass is 16.7. The number of hydrogen-bond acceptors (Lipinski definition) is 6. The number of ether oxygens (including phenoxy) is 2. The summed E-state index contributed by atoms with van der Waals surface area (Å²) < 4.78 is 22.5. The molecule has 0 aromatic heterocycles. The first kappa shape index (κ1) is 23.2. The quantitative estimate of drug-likeness (QED) is 0.611. The van der Waals surface area contributed by atoms with Crippen LogP contribution >= 0.6 is 0 Å². The molecule has 1 fully saturated rings. The lowest BCUT2D eigenvalue weighted by Gasteiger charge is -2.32. The van der Waals surface area contributed by atoms with E-state index in [4.69, 9.17) is 18.8 Å². The van der Waals surface area contributed by atoms with Crippen LogP contribution in [-0.2, 0) is 30.0 Å². The van der Waals surface area contributed by atoms with E-state index in [1.165, 1.54) is 7.11 Å². The molecule has 1 N–H and O–H groups in total. The van der Waals surface area contributed by atoms with Crippen LogP contribution in [-0.4, -0.2) is 43.1 Å². The predicted molar refractivity (Wildman–Crippen MR) is 112 cm³/mol. The van der Waals surface area contributed by atoms with Gasteiger partial charge in [-0.15, -0.1) is 0 Å². The summed E-state index contributed by atoms with van der Waals surface area (Å²) >= 11 is 0. The van der Waals surface area contributed by atoms with Gasteiger partial charge in [-0.05, 0) is 84.1 Å². The zero-order valence-corrected chi connectivity index (χ0v) is 18.9. The minimum Gasteiger partial charge on any atom is -0.469 e. The Morgan fingerprint density at radius 3 is 2.14 bits per heavy atom. The average Bonchev–Trinajstić information content (AvgIpc) is 2.76. The van der Waals surface area contributed by atoms with Crippen molar-refractivity contribution in [3.05, 3.63) is 23.3 Å². The Labute approximate surface area is 173 Å². The largest absolute Gasteiger partial charge is 0.495 e. The third kappa shape index (κ3) is 5.51. The lowest BCUT2D eigenvalue weighted by Crippen LogP contribution is -2.41. The maximum absolute atomic E-state index is 12.3. The summed E-state index contributed by atoms with van der Waals surface area (Å²) in [6.07, 6.45) is -0.510. The summed E-state index contributed by atoms with van der Waals surface area (Å²) in [5.41, 5.74) is 1.16. The second-order valence-corrected chi connectivity index (χ2v) is 9.32. The van der Waals surface area contributed by atoms with Gasteiger partial charge >= 0.3 is 19.2 Å². The Hall–Kier alpha value is -2.06. The number of nitrogens with one attached hydrogen (secondary N) is 1. The van der Waals surface area contributed by atoms with E-state index in [0.29, 0.717) is 5.69 Å². The molecule has 8 heteroatoms. The van der Waals surface area contributed by atoms with Crippen molar-refractivity contribution in [1.29, 1.82) is 0 Å². The van der Waals surface area contributed by atoms with Crippen LogP contribution in [0.15, 0.2) is 12.1 Å². The summed E-state index contributed by atoms with van der Waals surface area (Å²) in [4.78, 5) is 24.2. The highest BCUT2D eigenvalue weighted by Gasteiger charge is 2.52. The highest BCUT2D eigenvalue weighted by molar-refractivity contribution is 6.62. The number of carbonyl (C=O) groups excluding carboxylic acids is 2. The number of amides is 1. The van der Waals surface area contributed by atoms with Gasteiger partial charge in [0.1, 0.15) is 5.60 Å². The van der Waals surface area contributed by atoms with Crippen molar-refractivity contribution in [2.24, 2.45) is 0 Å². The predicted octanol–water partition coefficient (Wildman–Crippen LogP) is 3.36. The van der Waals surface area contributed by atoms with E-state index in [2.05, 4.69) is 5.32 Å². The minimum atomic E-state index is -0.628. The van der Waals surface area contributed by atoms with Gasteiger partial charge in [-0.3, -0.25) is 10.1 Å². The molecule has 0 bridgehead atoms. The van der Waals surface area contributed by atoms with E-state index in [9.17, 15) is 9.59 Å². The van der Waals surface area contributed by atoms with Gasteiger partial charge in [-0.2, -0.15) is 0 Å². The molecule has 1 amide bonds. The molecule has 0 atom stereocenters. The summed E-state index contributed by atoms with van der Waals surface area (Å²) in [6.45, 7) is 15.2. The second kappa shape index (κ2) is 7.99. The van der Waals surface area contributed by atoms with E-state index in [1.54, 1.807) is 32.9 Å². The normalized spacial score (nSPS) is 17.8. The van der Waals surface area contributed by atoms with Crippen molar-refractivity contribution < 1.29 is 28.4 Å². The Bertz CT molecular complexity index is 781. The molecule has 29 heavy (non-hydrogen) atoms. The van der Waals surface area contributed by atoms with Crippen molar-refractivity contribution in [1.82, 2.24) is 0 Å². The molecule has 2 rings (SSSR count). The molecule has 1 aliphatic heterocycles. The lowest BCUT2D eigenvalue weighted by atomic mass is 9.74. The van der Waals surface area contributed by atoms with Crippen molar-refractivity contribution in [2.45, 2.75) is 78.6 Å². The number of rotatable bonds is 4. The third-order valence-corrected chi connectivity index (χ3v) is 5.27. The van der Waals surface area contributed by atoms with E-state index in [1.807, 2.05) is 34.6 Å². The molecule has 0 spiro atoms. The monoisotopic (exact) mass is 405 g/mol. The van der Waals surface area contributed by atoms with Crippen molar-refractivity contribution in [3.8, 4) is 0 Å². The number of hydrogen-bond donors (Lipinski definition) is 1. The first-order valence-corrected chi connectivity index (χ1v) is 9.71. The first-order chi connectivity index (χ1) is 13.1. The van der Waals surface area contributed by atoms with Crippen LogP contribution in [0, 0.1) is 6.92 Å². The van der Waals surface area contributed by atoms with Gasteiger partial charge in [0.25, 0.3) is 0 Å². The molecular formula is C21H32BNO6. The zero-order valence-electron chi connectivity index (χ0n) is 18.9. The fourth-order valence-electron chi connectivity index (χ4n) is 2.92. The number of esters is 1. The Morgan fingerprint density at radius 2 is 1.66 bits per heavy atom. The molecule has 0 saturated carbocycles. The maximum Gasteiger partial charge on any atom is 0.495 e. The lowest BCUT2D eigenvalue weighted by molar-refractivity contribution is -0.139. The molecule has 0 aliphatic carbocycles. The van der Waals surface area contributed by atoms with Gasteiger partial charge < -0.3 is 18.8 Å². The van der Waals surface area contributed by atoms with Gasteiger partial charge in [0.05, 0.1) is 24.7 Å². The molecule has 160 valence electrons. The van der Waals surface area contributed by atoms with Gasteiger partial charge in [0.15, 0.2) is 0 Å². The highest BCUT2D eigenvalue weighted by Crippen LogP contribution is 2.37. The van der Waals surface area contributed by atoms with E-state index in [0.717, 1.165) is 16.6 Å². The smallest absolute Gasteiger partial charge is 0.469 e.